The topological polar surface area (TPSA) is 79.7 Å². The van der Waals surface area contributed by atoms with E-state index < -0.39 is 10.0 Å². The molecule has 0 unspecified atom stereocenters. The molecule has 2 aliphatic heterocycles. The lowest BCUT2D eigenvalue weighted by Gasteiger charge is -2.26. The smallest absolute Gasteiger partial charge is 0.308 e. The number of likely N-dealkylation sites (tertiary alicyclic amines) is 1. The number of amides is 1. The Morgan fingerprint density at radius 2 is 1.78 bits per heavy atom. The molecule has 3 aromatic rings. The second-order valence-corrected chi connectivity index (χ2v) is 11.2. The van der Waals surface area contributed by atoms with Crippen LogP contribution in [0.25, 0.3) is 10.2 Å². The number of aromatic nitrogens is 1. The van der Waals surface area contributed by atoms with Crippen LogP contribution in [0.3, 0.4) is 0 Å². The van der Waals surface area contributed by atoms with Gasteiger partial charge < -0.3 is 4.90 Å². The van der Waals surface area contributed by atoms with Gasteiger partial charge in [-0.1, -0.05) is 29.5 Å². The molecule has 0 aliphatic carbocycles. The molecule has 2 aliphatic rings. The van der Waals surface area contributed by atoms with Gasteiger partial charge in [0.1, 0.15) is 0 Å². The van der Waals surface area contributed by atoms with Crippen LogP contribution >= 0.6 is 11.3 Å². The second-order valence-electron chi connectivity index (χ2n) is 8.30. The highest BCUT2D eigenvalue weighted by atomic mass is 32.2. The Labute approximate surface area is 190 Å². The van der Waals surface area contributed by atoms with Gasteiger partial charge in [0, 0.05) is 32.6 Å². The maximum Gasteiger partial charge on any atom is 0.308 e. The lowest BCUT2D eigenvalue weighted by Crippen LogP contribution is -2.36. The van der Waals surface area contributed by atoms with Crippen molar-refractivity contribution in [3.05, 3.63) is 57.7 Å². The highest BCUT2D eigenvalue weighted by Gasteiger charge is 2.31. The van der Waals surface area contributed by atoms with Crippen molar-refractivity contribution in [3.8, 4) is 0 Å². The molecule has 9 heteroatoms. The standard InChI is InChI=1S/C23H25N3O4S2/c27-22(24-12-4-1-5-13-24)11-14-25-20-9-8-18(16-21(20)31-23(25)28)32(29,30)26-15-10-17-6-2-3-7-19(17)26/h2-3,6-9,16H,1,4-5,10-15H2. The van der Waals surface area contributed by atoms with Crippen LogP contribution in [-0.2, 0) is 27.8 Å². The number of piperidine rings is 1. The van der Waals surface area contributed by atoms with Crippen molar-refractivity contribution in [3.63, 3.8) is 0 Å². The summed E-state index contributed by atoms with van der Waals surface area (Å²) in [6, 6.07) is 12.4. The summed E-state index contributed by atoms with van der Waals surface area (Å²) in [5, 5.41) is 0. The van der Waals surface area contributed by atoms with E-state index in [-0.39, 0.29) is 22.1 Å². The van der Waals surface area contributed by atoms with E-state index >= 15 is 0 Å². The Hall–Kier alpha value is -2.65. The first-order valence-electron chi connectivity index (χ1n) is 11.0. The summed E-state index contributed by atoms with van der Waals surface area (Å²) >= 11 is 1.02. The lowest BCUT2D eigenvalue weighted by atomic mass is 10.1. The van der Waals surface area contributed by atoms with E-state index in [9.17, 15) is 18.0 Å². The van der Waals surface area contributed by atoms with Gasteiger partial charge in [-0.2, -0.15) is 0 Å². The molecule has 1 fully saturated rings. The molecule has 1 aromatic heterocycles. The number of thiazole rings is 1. The number of fused-ring (bicyclic) bond motifs is 2. The van der Waals surface area contributed by atoms with Gasteiger partial charge in [-0.3, -0.25) is 18.5 Å². The van der Waals surface area contributed by atoms with Gasteiger partial charge in [0.05, 0.1) is 20.8 Å². The van der Waals surface area contributed by atoms with Gasteiger partial charge in [-0.15, -0.1) is 0 Å². The fraction of sp³-hybridized carbons (Fsp3) is 0.391. The Bertz CT molecular complexity index is 1340. The van der Waals surface area contributed by atoms with Crippen molar-refractivity contribution in [2.24, 2.45) is 0 Å². The summed E-state index contributed by atoms with van der Waals surface area (Å²) in [6.07, 6.45) is 4.19. The molecule has 5 rings (SSSR count). The fourth-order valence-corrected chi connectivity index (χ4v) is 7.17. The Balaban J connectivity index is 1.40. The molecule has 0 bridgehead atoms. The first-order chi connectivity index (χ1) is 15.4. The summed E-state index contributed by atoms with van der Waals surface area (Å²) in [4.78, 5) is 27.0. The van der Waals surface area contributed by atoms with E-state index in [1.165, 1.54) is 4.31 Å². The highest BCUT2D eigenvalue weighted by Crippen LogP contribution is 2.33. The van der Waals surface area contributed by atoms with Crippen molar-refractivity contribution < 1.29 is 13.2 Å². The molecule has 0 radical (unpaired) electrons. The summed E-state index contributed by atoms with van der Waals surface area (Å²) < 4.78 is 30.3. The van der Waals surface area contributed by atoms with Crippen LogP contribution in [0.15, 0.2) is 52.2 Å². The summed E-state index contributed by atoms with van der Waals surface area (Å²) in [7, 11) is -3.72. The first-order valence-corrected chi connectivity index (χ1v) is 13.2. The number of benzene rings is 2. The fourth-order valence-electron chi connectivity index (χ4n) is 4.61. The van der Waals surface area contributed by atoms with Crippen molar-refractivity contribution in [1.82, 2.24) is 9.47 Å². The van der Waals surface area contributed by atoms with E-state index in [0.29, 0.717) is 29.7 Å². The van der Waals surface area contributed by atoms with Crippen LogP contribution in [0.4, 0.5) is 5.69 Å². The van der Waals surface area contributed by atoms with Gasteiger partial charge in [-0.25, -0.2) is 8.42 Å². The molecule has 1 saturated heterocycles. The van der Waals surface area contributed by atoms with Crippen molar-refractivity contribution in [2.45, 2.75) is 43.5 Å². The maximum absolute atomic E-state index is 13.3. The molecule has 168 valence electrons. The van der Waals surface area contributed by atoms with Crippen LogP contribution in [0.5, 0.6) is 0 Å². The Kier molecular flexibility index (Phi) is 5.54. The van der Waals surface area contributed by atoms with Crippen LogP contribution < -0.4 is 9.18 Å². The van der Waals surface area contributed by atoms with Crippen molar-refractivity contribution >= 4 is 43.2 Å². The zero-order valence-electron chi connectivity index (χ0n) is 17.7. The SMILES string of the molecule is O=C(CCn1c(=O)sc2cc(S(=O)(=O)N3CCc4ccccc43)ccc21)N1CCCCC1. The van der Waals surface area contributed by atoms with Crippen LogP contribution in [0.1, 0.15) is 31.2 Å². The molecule has 2 aromatic carbocycles. The average molecular weight is 472 g/mol. The quantitative estimate of drug-likeness (QED) is 0.572. The molecule has 3 heterocycles. The van der Waals surface area contributed by atoms with E-state index in [1.807, 2.05) is 29.2 Å². The predicted octanol–water partition coefficient (Wildman–Crippen LogP) is 3.22. The van der Waals surface area contributed by atoms with E-state index in [4.69, 9.17) is 0 Å². The summed E-state index contributed by atoms with van der Waals surface area (Å²) in [6.45, 7) is 2.30. The van der Waals surface area contributed by atoms with Gasteiger partial charge in [-0.05, 0) is 55.5 Å². The normalized spacial score (nSPS) is 16.5. The van der Waals surface area contributed by atoms with Gasteiger partial charge in [0.15, 0.2) is 0 Å². The number of rotatable bonds is 5. The van der Waals surface area contributed by atoms with Gasteiger partial charge in [0.2, 0.25) is 5.91 Å². The Morgan fingerprint density at radius 1 is 1.00 bits per heavy atom. The molecule has 0 spiro atoms. The Morgan fingerprint density at radius 3 is 2.59 bits per heavy atom. The first kappa shape index (κ1) is 21.2. The molecule has 0 N–H and O–H groups in total. The number of sulfonamides is 1. The average Bonchev–Trinajstić information content (AvgIpc) is 3.38. The van der Waals surface area contributed by atoms with E-state index in [0.717, 1.165) is 54.9 Å². The number of hydrogen-bond acceptors (Lipinski definition) is 5. The largest absolute Gasteiger partial charge is 0.343 e. The summed E-state index contributed by atoms with van der Waals surface area (Å²) in [5.74, 6) is 0.0721. The van der Waals surface area contributed by atoms with Crippen molar-refractivity contribution in [1.29, 1.82) is 0 Å². The lowest BCUT2D eigenvalue weighted by molar-refractivity contribution is -0.132. The number of nitrogens with zero attached hydrogens (tertiary/aromatic N) is 3. The minimum atomic E-state index is -3.72. The van der Waals surface area contributed by atoms with E-state index in [2.05, 4.69) is 0 Å². The van der Waals surface area contributed by atoms with Crippen molar-refractivity contribution in [2.75, 3.05) is 23.9 Å². The zero-order chi connectivity index (χ0) is 22.3. The minimum Gasteiger partial charge on any atom is -0.343 e. The van der Waals surface area contributed by atoms with Crippen LogP contribution in [0.2, 0.25) is 0 Å². The van der Waals surface area contributed by atoms with Crippen LogP contribution in [0, 0.1) is 0 Å². The third-order valence-corrected chi connectivity index (χ3v) is 9.08. The minimum absolute atomic E-state index is 0.0721. The number of para-hydroxylation sites is 1. The highest BCUT2D eigenvalue weighted by molar-refractivity contribution is 7.92. The third-order valence-electron chi connectivity index (χ3n) is 6.33. The predicted molar refractivity (Wildman–Crippen MR) is 126 cm³/mol. The zero-order valence-corrected chi connectivity index (χ0v) is 19.3. The third kappa shape index (κ3) is 3.73. The molecule has 0 atom stereocenters. The number of anilines is 1. The number of carbonyl (C=O) groups is 1. The molecule has 1 amide bonds. The summed E-state index contributed by atoms with van der Waals surface area (Å²) in [5.41, 5.74) is 2.41. The molecular formula is C23H25N3O4S2. The molecule has 0 saturated carbocycles. The number of hydrogen-bond donors (Lipinski definition) is 0. The molecule has 7 nitrogen and oxygen atoms in total. The van der Waals surface area contributed by atoms with Gasteiger partial charge >= 0.3 is 4.87 Å². The number of aryl methyl sites for hydroxylation is 1. The number of carbonyl (C=O) groups excluding carboxylic acids is 1. The second kappa shape index (κ2) is 8.37. The monoisotopic (exact) mass is 471 g/mol. The molecular weight excluding hydrogens is 446 g/mol. The maximum atomic E-state index is 13.3. The van der Waals surface area contributed by atoms with Gasteiger partial charge in [0.25, 0.3) is 10.0 Å². The molecule has 32 heavy (non-hydrogen) atoms. The van der Waals surface area contributed by atoms with E-state index in [1.54, 1.807) is 22.8 Å². The van der Waals surface area contributed by atoms with Crippen LogP contribution in [-0.4, -0.2) is 43.4 Å².